The molecule has 2 fully saturated rings. The average molecular weight is 675 g/mol. The van der Waals surface area contributed by atoms with E-state index >= 15 is 0 Å². The zero-order valence-electron chi connectivity index (χ0n) is 22.5. The molecule has 2 aromatic rings. The first-order chi connectivity index (χ1) is 21.0. The van der Waals surface area contributed by atoms with Gasteiger partial charge in [0.15, 0.2) is 0 Å². The van der Waals surface area contributed by atoms with Crippen LogP contribution < -0.4 is 10.6 Å². The standard InChI is InChI=1S/C26H22N6O8S4/c33-19(27-15-7-1-3-9-17(15)31(37)38)11-5-13-29-23(35)21(43-25(29)41)22-24(36)30(26(42)44-22)14-6-12-20(34)28-16-8-2-4-10-18(16)32(39)40/h1-4,7-10H,5-6,11-14H2,(H,27,33)(H,28,34). The van der Waals surface area contributed by atoms with Gasteiger partial charge in [0.2, 0.25) is 11.8 Å². The first-order valence-electron chi connectivity index (χ1n) is 12.9. The van der Waals surface area contributed by atoms with Crippen molar-refractivity contribution in [2.75, 3.05) is 23.7 Å². The summed E-state index contributed by atoms with van der Waals surface area (Å²) in [5.41, 5.74) is -0.347. The molecule has 44 heavy (non-hydrogen) atoms. The number of benzene rings is 2. The molecular formula is C26H22N6O8S4. The van der Waals surface area contributed by atoms with Gasteiger partial charge in [0.1, 0.15) is 20.0 Å². The van der Waals surface area contributed by atoms with E-state index in [0.29, 0.717) is 0 Å². The van der Waals surface area contributed by atoms with E-state index in [0.717, 1.165) is 23.5 Å². The van der Waals surface area contributed by atoms with Gasteiger partial charge in [-0.2, -0.15) is 0 Å². The van der Waals surface area contributed by atoms with Crippen LogP contribution in [0.25, 0.3) is 0 Å². The van der Waals surface area contributed by atoms with Crippen molar-refractivity contribution < 1.29 is 29.0 Å². The lowest BCUT2D eigenvalue weighted by Crippen LogP contribution is -2.31. The Morgan fingerprint density at radius 2 is 1.07 bits per heavy atom. The number of nitrogens with one attached hydrogen (secondary N) is 2. The Balaban J connectivity index is 1.29. The molecule has 0 aromatic heterocycles. The lowest BCUT2D eigenvalue weighted by atomic mass is 10.2. The van der Waals surface area contributed by atoms with Crippen molar-refractivity contribution in [3.63, 3.8) is 0 Å². The minimum absolute atomic E-state index is 0.0360. The molecule has 2 aliphatic rings. The molecule has 2 saturated heterocycles. The van der Waals surface area contributed by atoms with Crippen molar-refractivity contribution in [1.82, 2.24) is 9.80 Å². The summed E-state index contributed by atoms with van der Waals surface area (Å²) in [6.45, 7) is 0.181. The van der Waals surface area contributed by atoms with Crippen LogP contribution in [0.15, 0.2) is 58.3 Å². The minimum atomic E-state index is -0.600. The van der Waals surface area contributed by atoms with Gasteiger partial charge in [-0.15, -0.1) is 0 Å². The van der Waals surface area contributed by atoms with E-state index in [1.54, 1.807) is 12.1 Å². The van der Waals surface area contributed by atoms with Crippen LogP contribution in [-0.4, -0.2) is 65.0 Å². The van der Waals surface area contributed by atoms with Crippen LogP contribution >= 0.6 is 48.0 Å². The Labute approximate surface area is 268 Å². The molecule has 0 unspecified atom stereocenters. The second kappa shape index (κ2) is 14.5. The number of thiocarbonyl (C=S) groups is 2. The number of carbonyl (C=O) groups is 4. The van der Waals surface area contributed by atoms with Crippen molar-refractivity contribution in [1.29, 1.82) is 0 Å². The Bertz CT molecular complexity index is 1510. The Hall–Kier alpha value is -4.26. The van der Waals surface area contributed by atoms with Gasteiger partial charge in [-0.25, -0.2) is 0 Å². The highest BCUT2D eigenvalue weighted by molar-refractivity contribution is 8.29. The highest BCUT2D eigenvalue weighted by Gasteiger charge is 2.41. The molecule has 4 rings (SSSR count). The number of nitro groups is 2. The maximum atomic E-state index is 13.2. The molecule has 0 saturated carbocycles. The summed E-state index contributed by atoms with van der Waals surface area (Å²) >= 11 is 12.6. The maximum Gasteiger partial charge on any atom is 0.292 e. The van der Waals surface area contributed by atoms with E-state index in [1.165, 1.54) is 46.2 Å². The molecule has 2 N–H and O–H groups in total. The van der Waals surface area contributed by atoms with E-state index in [2.05, 4.69) is 10.6 Å². The number of amides is 4. The molecule has 0 aliphatic carbocycles. The number of hydrogen-bond acceptors (Lipinski definition) is 12. The minimum Gasteiger partial charge on any atom is -0.320 e. The summed E-state index contributed by atoms with van der Waals surface area (Å²) in [5, 5.41) is 27.3. The quantitative estimate of drug-likeness (QED) is 0.138. The summed E-state index contributed by atoms with van der Waals surface area (Å²) in [5.74, 6) is -1.94. The number of thioether (sulfide) groups is 2. The fraction of sp³-hybridized carbons (Fsp3) is 0.231. The van der Waals surface area contributed by atoms with Crippen LogP contribution in [0, 0.1) is 20.2 Å². The van der Waals surface area contributed by atoms with E-state index in [1.807, 2.05) is 0 Å². The van der Waals surface area contributed by atoms with Gasteiger partial charge < -0.3 is 10.6 Å². The van der Waals surface area contributed by atoms with Crippen LogP contribution in [0.4, 0.5) is 22.7 Å². The smallest absolute Gasteiger partial charge is 0.292 e. The van der Waals surface area contributed by atoms with Crippen LogP contribution in [0.3, 0.4) is 0 Å². The number of nitrogens with zero attached hydrogens (tertiary/aromatic N) is 4. The van der Waals surface area contributed by atoms with Gasteiger partial charge in [-0.1, -0.05) is 72.2 Å². The molecular weight excluding hydrogens is 653 g/mol. The third-order valence-corrected chi connectivity index (χ3v) is 9.25. The van der Waals surface area contributed by atoms with Gasteiger partial charge in [0.25, 0.3) is 23.2 Å². The summed E-state index contributed by atoms with van der Waals surface area (Å²) in [6, 6.07) is 11.5. The number of rotatable bonds is 12. The topological polar surface area (TPSA) is 185 Å². The molecule has 2 aliphatic heterocycles. The molecule has 0 atom stereocenters. The Morgan fingerprint density at radius 3 is 1.43 bits per heavy atom. The molecule has 0 spiro atoms. The van der Waals surface area contributed by atoms with E-state index < -0.39 is 33.5 Å². The number of hydrogen-bond donors (Lipinski definition) is 2. The van der Waals surface area contributed by atoms with Crippen LogP contribution in [-0.2, 0) is 19.2 Å². The highest BCUT2D eigenvalue weighted by atomic mass is 32.2. The maximum absolute atomic E-state index is 13.2. The fourth-order valence-corrected chi connectivity index (χ4v) is 6.93. The third-order valence-electron chi connectivity index (χ3n) is 6.23. The summed E-state index contributed by atoms with van der Waals surface area (Å²) < 4.78 is 0.419. The summed E-state index contributed by atoms with van der Waals surface area (Å²) in [4.78, 5) is 75.0. The van der Waals surface area contributed by atoms with Gasteiger partial charge in [0.05, 0.1) is 19.7 Å². The molecule has 0 radical (unpaired) electrons. The fourth-order valence-electron chi connectivity index (χ4n) is 4.15. The normalized spacial score (nSPS) is 16.5. The third kappa shape index (κ3) is 7.62. The van der Waals surface area contributed by atoms with Crippen molar-refractivity contribution >= 4 is 103 Å². The van der Waals surface area contributed by atoms with Gasteiger partial charge >= 0.3 is 0 Å². The largest absolute Gasteiger partial charge is 0.320 e. The number of carbonyl (C=O) groups excluding carboxylic acids is 4. The zero-order chi connectivity index (χ0) is 32.0. The highest BCUT2D eigenvalue weighted by Crippen LogP contribution is 2.42. The summed E-state index contributed by atoms with van der Waals surface area (Å²) in [6.07, 6.45) is 0.347. The van der Waals surface area contributed by atoms with Crippen LogP contribution in [0.2, 0.25) is 0 Å². The second-order valence-electron chi connectivity index (χ2n) is 9.16. The van der Waals surface area contributed by atoms with Gasteiger partial charge in [-0.3, -0.25) is 49.2 Å². The Morgan fingerprint density at radius 1 is 0.705 bits per heavy atom. The lowest BCUT2D eigenvalue weighted by molar-refractivity contribution is -0.384. The van der Waals surface area contributed by atoms with E-state index in [4.69, 9.17) is 24.4 Å². The summed E-state index contributed by atoms with van der Waals surface area (Å²) in [7, 11) is 0. The van der Waals surface area contributed by atoms with E-state index in [-0.39, 0.29) is 80.0 Å². The van der Waals surface area contributed by atoms with Crippen molar-refractivity contribution in [2.24, 2.45) is 0 Å². The Kier molecular flexibility index (Phi) is 10.7. The van der Waals surface area contributed by atoms with Crippen molar-refractivity contribution in [2.45, 2.75) is 25.7 Å². The zero-order valence-corrected chi connectivity index (χ0v) is 25.8. The molecule has 0 bridgehead atoms. The monoisotopic (exact) mass is 674 g/mol. The first kappa shape index (κ1) is 32.6. The molecule has 14 nitrogen and oxygen atoms in total. The molecule has 228 valence electrons. The first-order valence-corrected chi connectivity index (χ1v) is 15.3. The lowest BCUT2D eigenvalue weighted by Gasteiger charge is -2.14. The van der Waals surface area contributed by atoms with E-state index in [9.17, 15) is 39.4 Å². The molecule has 18 heteroatoms. The van der Waals surface area contributed by atoms with Crippen molar-refractivity contribution in [3.8, 4) is 0 Å². The van der Waals surface area contributed by atoms with Gasteiger partial charge in [-0.05, 0) is 25.0 Å². The van der Waals surface area contributed by atoms with Crippen LogP contribution in [0.1, 0.15) is 25.7 Å². The number of anilines is 2. The predicted octanol–water partition coefficient (Wildman–Crippen LogP) is 4.57. The molecule has 2 aromatic carbocycles. The van der Waals surface area contributed by atoms with Crippen LogP contribution in [0.5, 0.6) is 0 Å². The molecule has 2 heterocycles. The average Bonchev–Trinajstić information content (AvgIpc) is 3.42. The number of para-hydroxylation sites is 4. The van der Waals surface area contributed by atoms with Crippen molar-refractivity contribution in [3.05, 3.63) is 78.6 Å². The predicted molar refractivity (Wildman–Crippen MR) is 173 cm³/mol. The second-order valence-corrected chi connectivity index (χ2v) is 12.4. The molecule has 4 amide bonds. The van der Waals surface area contributed by atoms with Gasteiger partial charge in [0, 0.05) is 38.1 Å². The number of nitro benzene ring substituents is 2. The SMILES string of the molecule is O=C(CCCN1C(=O)C(=C2SC(=S)N(CCCC(=O)Nc3ccccc3[N+](=O)[O-])C2=O)SC1=S)Nc1ccccc1[N+](=O)[O-].